The fraction of sp³-hybridized carbons (Fsp3) is 0.480. The zero-order valence-electron chi connectivity index (χ0n) is 19.0. The van der Waals surface area contributed by atoms with E-state index in [0.717, 1.165) is 6.42 Å². The molecule has 1 aromatic rings. The molecule has 7 heteroatoms. The summed E-state index contributed by atoms with van der Waals surface area (Å²) in [6.45, 7) is 7.62. The minimum absolute atomic E-state index is 0.176. The van der Waals surface area contributed by atoms with Gasteiger partial charge in [0.05, 0.1) is 18.8 Å². The van der Waals surface area contributed by atoms with E-state index in [2.05, 4.69) is 5.32 Å². The summed E-state index contributed by atoms with van der Waals surface area (Å²) in [4.78, 5) is 39.4. The second-order valence-corrected chi connectivity index (χ2v) is 8.14. The lowest BCUT2D eigenvalue weighted by atomic mass is 9.69. The Hall–Kier alpha value is -2.96. The van der Waals surface area contributed by atoms with Crippen molar-refractivity contribution in [2.24, 2.45) is 11.8 Å². The molecule has 6 nitrogen and oxygen atoms in total. The SMILES string of the molecule is CCCC1=C(C(=O)OCC)C(c2ccc(F)cc2)C2=C(CC(C)C(C(=O)OCC)C2=O)N1. The van der Waals surface area contributed by atoms with Crippen LogP contribution in [0.1, 0.15) is 58.4 Å². The molecule has 3 atom stereocenters. The largest absolute Gasteiger partial charge is 0.465 e. The summed E-state index contributed by atoms with van der Waals surface area (Å²) in [5.41, 5.74) is 2.70. The van der Waals surface area contributed by atoms with Gasteiger partial charge in [0, 0.05) is 22.9 Å². The van der Waals surface area contributed by atoms with E-state index >= 15 is 0 Å². The molecule has 1 aromatic carbocycles. The predicted octanol–water partition coefficient (Wildman–Crippen LogP) is 4.17. The number of Topliss-reactive ketones (excluding diaryl/α,β-unsaturated/α-hetero) is 1. The highest BCUT2D eigenvalue weighted by Crippen LogP contribution is 2.46. The van der Waals surface area contributed by atoms with Crippen LogP contribution in [0, 0.1) is 17.7 Å². The summed E-state index contributed by atoms with van der Waals surface area (Å²) in [6, 6.07) is 5.75. The van der Waals surface area contributed by atoms with Crippen molar-refractivity contribution in [3.05, 3.63) is 58.2 Å². The molecule has 0 aromatic heterocycles. The number of rotatable bonds is 7. The van der Waals surface area contributed by atoms with Crippen LogP contribution in [0.2, 0.25) is 0 Å². The van der Waals surface area contributed by atoms with Gasteiger partial charge >= 0.3 is 11.9 Å². The Bertz CT molecular complexity index is 963. The maximum Gasteiger partial charge on any atom is 0.336 e. The summed E-state index contributed by atoms with van der Waals surface area (Å²) in [5, 5.41) is 3.32. The molecule has 0 bridgehead atoms. The van der Waals surface area contributed by atoms with E-state index in [1.165, 1.54) is 12.1 Å². The second-order valence-electron chi connectivity index (χ2n) is 8.14. The summed E-state index contributed by atoms with van der Waals surface area (Å²) >= 11 is 0. The lowest BCUT2D eigenvalue weighted by molar-refractivity contribution is -0.153. The molecular formula is C25H30FNO5. The molecule has 1 aliphatic carbocycles. The minimum Gasteiger partial charge on any atom is -0.465 e. The van der Waals surface area contributed by atoms with Crippen LogP contribution in [0.3, 0.4) is 0 Å². The number of ether oxygens (including phenoxy) is 2. The lowest BCUT2D eigenvalue weighted by Gasteiger charge is -2.39. The van der Waals surface area contributed by atoms with Gasteiger partial charge in [0.25, 0.3) is 0 Å². The number of nitrogens with one attached hydrogen (secondary N) is 1. The first-order chi connectivity index (χ1) is 15.3. The number of hydrogen-bond acceptors (Lipinski definition) is 6. The molecule has 0 fully saturated rings. The van der Waals surface area contributed by atoms with E-state index in [4.69, 9.17) is 9.47 Å². The third-order valence-electron chi connectivity index (χ3n) is 5.91. The molecule has 3 unspecified atom stereocenters. The fourth-order valence-electron chi connectivity index (χ4n) is 4.58. The van der Waals surface area contributed by atoms with Crippen LogP contribution in [0.5, 0.6) is 0 Å². The quantitative estimate of drug-likeness (QED) is 0.503. The standard InChI is InChI=1S/C25H30FNO5/c1-5-8-17-22(25(30)32-7-3)20(15-9-11-16(26)12-10-15)21-18(27-17)13-14(4)19(23(21)28)24(29)31-6-2/h9-12,14,19-20,27H,5-8,13H2,1-4H3. The Morgan fingerprint density at radius 2 is 1.75 bits per heavy atom. The van der Waals surface area contributed by atoms with Crippen molar-refractivity contribution in [1.29, 1.82) is 0 Å². The van der Waals surface area contributed by atoms with Crippen LogP contribution in [0.25, 0.3) is 0 Å². The third-order valence-corrected chi connectivity index (χ3v) is 5.91. The van der Waals surface area contributed by atoms with Crippen LogP contribution >= 0.6 is 0 Å². The van der Waals surface area contributed by atoms with E-state index in [-0.39, 0.29) is 24.9 Å². The zero-order chi connectivity index (χ0) is 23.4. The van der Waals surface area contributed by atoms with Gasteiger partial charge in [0.2, 0.25) is 0 Å². The second kappa shape index (κ2) is 10.1. The number of ketones is 1. The minimum atomic E-state index is -0.949. The number of halogens is 1. The number of hydrogen-bond donors (Lipinski definition) is 1. The van der Waals surface area contributed by atoms with Crippen molar-refractivity contribution >= 4 is 17.7 Å². The Morgan fingerprint density at radius 3 is 2.34 bits per heavy atom. The molecule has 0 radical (unpaired) electrons. The summed E-state index contributed by atoms with van der Waals surface area (Å²) < 4.78 is 24.2. The van der Waals surface area contributed by atoms with Gasteiger partial charge in [-0.3, -0.25) is 9.59 Å². The van der Waals surface area contributed by atoms with Gasteiger partial charge in [0.15, 0.2) is 5.78 Å². The van der Waals surface area contributed by atoms with E-state index in [1.807, 2.05) is 13.8 Å². The highest BCUT2D eigenvalue weighted by molar-refractivity contribution is 6.12. The highest BCUT2D eigenvalue weighted by atomic mass is 19.1. The van der Waals surface area contributed by atoms with Crippen LogP contribution < -0.4 is 5.32 Å². The van der Waals surface area contributed by atoms with E-state index in [1.54, 1.807) is 26.0 Å². The molecule has 0 amide bonds. The van der Waals surface area contributed by atoms with Gasteiger partial charge < -0.3 is 14.8 Å². The van der Waals surface area contributed by atoms with E-state index in [9.17, 15) is 18.8 Å². The summed E-state index contributed by atoms with van der Waals surface area (Å²) in [5.74, 6) is -3.82. The smallest absolute Gasteiger partial charge is 0.336 e. The Morgan fingerprint density at radius 1 is 1.09 bits per heavy atom. The van der Waals surface area contributed by atoms with Crippen molar-refractivity contribution < 1.29 is 28.2 Å². The molecule has 172 valence electrons. The first kappa shape index (κ1) is 23.7. The molecular weight excluding hydrogens is 413 g/mol. The van der Waals surface area contributed by atoms with Gasteiger partial charge in [-0.15, -0.1) is 0 Å². The van der Waals surface area contributed by atoms with Crippen LogP contribution in [0.4, 0.5) is 4.39 Å². The van der Waals surface area contributed by atoms with Gasteiger partial charge in [-0.25, -0.2) is 9.18 Å². The fourth-order valence-corrected chi connectivity index (χ4v) is 4.58. The first-order valence-corrected chi connectivity index (χ1v) is 11.2. The molecule has 1 aliphatic heterocycles. The molecule has 1 N–H and O–H groups in total. The molecule has 0 saturated carbocycles. The number of allylic oxidation sites excluding steroid dienone is 3. The number of dihydropyridines is 1. The first-order valence-electron chi connectivity index (χ1n) is 11.2. The Labute approximate surface area is 187 Å². The van der Waals surface area contributed by atoms with Crippen LogP contribution in [0.15, 0.2) is 46.8 Å². The van der Waals surface area contributed by atoms with Crippen LogP contribution in [-0.2, 0) is 23.9 Å². The van der Waals surface area contributed by atoms with Crippen molar-refractivity contribution in [1.82, 2.24) is 5.32 Å². The average Bonchev–Trinajstić information content (AvgIpc) is 2.74. The Balaban J connectivity index is 2.20. The van der Waals surface area contributed by atoms with E-state index < -0.39 is 29.6 Å². The predicted molar refractivity (Wildman–Crippen MR) is 117 cm³/mol. The topological polar surface area (TPSA) is 81.7 Å². The van der Waals surface area contributed by atoms with Crippen molar-refractivity contribution in [3.63, 3.8) is 0 Å². The molecule has 32 heavy (non-hydrogen) atoms. The van der Waals surface area contributed by atoms with Gasteiger partial charge in [-0.05, 0) is 50.3 Å². The Kier molecular flexibility index (Phi) is 7.48. The molecule has 3 rings (SSSR count). The van der Waals surface area contributed by atoms with Crippen LogP contribution in [-0.4, -0.2) is 30.9 Å². The summed E-state index contributed by atoms with van der Waals surface area (Å²) in [6.07, 6.45) is 1.83. The average molecular weight is 444 g/mol. The van der Waals surface area contributed by atoms with Gasteiger partial charge in [0.1, 0.15) is 11.7 Å². The van der Waals surface area contributed by atoms with Gasteiger partial charge in [-0.1, -0.05) is 32.4 Å². The number of benzene rings is 1. The highest BCUT2D eigenvalue weighted by Gasteiger charge is 2.47. The number of esters is 2. The van der Waals surface area contributed by atoms with Crippen molar-refractivity contribution in [3.8, 4) is 0 Å². The number of carbonyl (C=O) groups excluding carboxylic acids is 3. The monoisotopic (exact) mass is 443 g/mol. The molecule has 1 heterocycles. The molecule has 0 saturated heterocycles. The maximum atomic E-state index is 13.7. The van der Waals surface area contributed by atoms with Gasteiger partial charge in [-0.2, -0.15) is 0 Å². The normalized spacial score (nSPS) is 22.9. The molecule has 0 spiro atoms. The van der Waals surface area contributed by atoms with Crippen molar-refractivity contribution in [2.75, 3.05) is 13.2 Å². The van der Waals surface area contributed by atoms with E-state index in [0.29, 0.717) is 40.9 Å². The lowest BCUT2D eigenvalue weighted by Crippen LogP contribution is -2.43. The number of carbonyl (C=O) groups is 3. The molecule has 2 aliphatic rings. The zero-order valence-corrected chi connectivity index (χ0v) is 19.0. The van der Waals surface area contributed by atoms with Crippen molar-refractivity contribution in [2.45, 2.75) is 52.9 Å². The third kappa shape index (κ3) is 4.47. The maximum absolute atomic E-state index is 13.7. The summed E-state index contributed by atoms with van der Waals surface area (Å²) in [7, 11) is 0.